The molecule has 286 valence electrons. The third-order valence-corrected chi connectivity index (χ3v) is 9.96. The Morgan fingerprint density at radius 2 is 1.12 bits per heavy atom. The first-order chi connectivity index (χ1) is 23.0. The van der Waals surface area contributed by atoms with Gasteiger partial charge in [-0.25, -0.2) is 0 Å². The first kappa shape index (κ1) is 47.2. The molecule has 48 heavy (non-hydrogen) atoms. The van der Waals surface area contributed by atoms with Crippen molar-refractivity contribution < 1.29 is 32.9 Å². The van der Waals surface area contributed by atoms with Crippen LogP contribution in [0.15, 0.2) is 12.2 Å². The molecule has 0 aliphatic rings. The Morgan fingerprint density at radius 3 is 1.56 bits per heavy atom. The number of aliphatic hydroxyl groups excluding tert-OH is 1. The monoisotopic (exact) mass is 703 g/mol. The van der Waals surface area contributed by atoms with Gasteiger partial charge in [-0.05, 0) is 19.3 Å². The van der Waals surface area contributed by atoms with E-state index in [2.05, 4.69) is 19.2 Å². The molecule has 0 rings (SSSR count). The molecule has 9 heteroatoms. The smallest absolute Gasteiger partial charge is 0.268 e. The number of likely N-dealkylation sites (N-methyl/N-ethyl adjacent to an activating group) is 1. The maximum absolute atomic E-state index is 12.8. The van der Waals surface area contributed by atoms with E-state index < -0.39 is 20.0 Å². The van der Waals surface area contributed by atoms with Gasteiger partial charge in [-0.3, -0.25) is 9.36 Å². The highest BCUT2D eigenvalue weighted by Gasteiger charge is 2.23. The Bertz CT molecular complexity index is 804. The van der Waals surface area contributed by atoms with E-state index in [1.54, 1.807) is 6.08 Å². The fourth-order valence-corrected chi connectivity index (χ4v) is 6.46. The molecule has 0 aromatic rings. The van der Waals surface area contributed by atoms with E-state index in [0.29, 0.717) is 17.4 Å². The van der Waals surface area contributed by atoms with Crippen LogP contribution in [0.3, 0.4) is 0 Å². The van der Waals surface area contributed by atoms with Crippen molar-refractivity contribution in [2.24, 2.45) is 0 Å². The molecular weight excluding hydrogens is 623 g/mol. The van der Waals surface area contributed by atoms with Crippen LogP contribution in [0.5, 0.6) is 0 Å². The van der Waals surface area contributed by atoms with Crippen LogP contribution < -0.4 is 10.2 Å². The number of aliphatic hydroxyl groups is 1. The van der Waals surface area contributed by atoms with Crippen molar-refractivity contribution in [3.63, 3.8) is 0 Å². The Labute approximate surface area is 297 Å². The van der Waals surface area contributed by atoms with Crippen molar-refractivity contribution >= 4 is 13.7 Å². The summed E-state index contributed by atoms with van der Waals surface area (Å²) in [5, 5.41) is 13.7. The highest BCUT2D eigenvalue weighted by molar-refractivity contribution is 7.45. The molecule has 0 heterocycles. The van der Waals surface area contributed by atoms with Gasteiger partial charge in [-0.2, -0.15) is 0 Å². The fourth-order valence-electron chi connectivity index (χ4n) is 5.74. The molecule has 8 nitrogen and oxygen atoms in total. The molecule has 0 aliphatic heterocycles. The predicted octanol–water partition coefficient (Wildman–Crippen LogP) is 9.78. The molecule has 1 amide bonds. The summed E-state index contributed by atoms with van der Waals surface area (Å²) in [6.07, 6.45) is 33.8. The third kappa shape index (κ3) is 33.7. The molecule has 0 aromatic carbocycles. The SMILES string of the molecule is CCCCCCCCCCCCC/C=C/[C@@H](O)[C@H](COP(=O)([O-])OCC[N+](C)(C)C)NC(=O)CCCCCCCCCCCCCCC. The van der Waals surface area contributed by atoms with E-state index >= 15 is 0 Å². The highest BCUT2D eigenvalue weighted by Crippen LogP contribution is 2.38. The van der Waals surface area contributed by atoms with E-state index in [0.717, 1.165) is 38.5 Å². The first-order valence-electron chi connectivity index (χ1n) is 20.1. The topological polar surface area (TPSA) is 108 Å². The van der Waals surface area contributed by atoms with Crippen molar-refractivity contribution in [3.05, 3.63) is 12.2 Å². The first-order valence-corrected chi connectivity index (χ1v) is 21.5. The lowest BCUT2D eigenvalue weighted by Gasteiger charge is -2.29. The van der Waals surface area contributed by atoms with Crippen LogP contribution in [0.1, 0.15) is 181 Å². The summed E-state index contributed by atoms with van der Waals surface area (Å²) < 4.78 is 23.1. The molecule has 0 bridgehead atoms. The second-order valence-electron chi connectivity index (χ2n) is 15.0. The van der Waals surface area contributed by atoms with Gasteiger partial charge in [-0.1, -0.05) is 167 Å². The van der Waals surface area contributed by atoms with Crippen LogP contribution >= 0.6 is 7.82 Å². The maximum atomic E-state index is 12.8. The Balaban J connectivity index is 4.50. The number of hydrogen-bond donors (Lipinski definition) is 2. The number of amides is 1. The molecule has 0 saturated heterocycles. The number of allylic oxidation sites excluding steroid dienone is 1. The van der Waals surface area contributed by atoms with Gasteiger partial charge in [0.05, 0.1) is 39.9 Å². The number of unbranched alkanes of at least 4 members (excludes halogenated alkanes) is 23. The highest BCUT2D eigenvalue weighted by atomic mass is 31.2. The number of nitrogens with zero attached hydrogens (tertiary/aromatic N) is 1. The summed E-state index contributed by atoms with van der Waals surface area (Å²) in [4.78, 5) is 25.2. The number of phosphoric ester groups is 1. The van der Waals surface area contributed by atoms with Crippen LogP contribution in [0.2, 0.25) is 0 Å². The minimum Gasteiger partial charge on any atom is -0.756 e. The summed E-state index contributed by atoms with van der Waals surface area (Å²) in [5.41, 5.74) is 0. The van der Waals surface area contributed by atoms with Gasteiger partial charge in [0, 0.05) is 6.42 Å². The van der Waals surface area contributed by atoms with Gasteiger partial charge in [0.2, 0.25) is 5.91 Å². The lowest BCUT2D eigenvalue weighted by Crippen LogP contribution is -2.45. The minimum atomic E-state index is -4.57. The summed E-state index contributed by atoms with van der Waals surface area (Å²) in [5.74, 6) is -0.198. The summed E-state index contributed by atoms with van der Waals surface area (Å²) in [6, 6.07) is -0.877. The van der Waals surface area contributed by atoms with E-state index in [4.69, 9.17) is 9.05 Å². The fraction of sp³-hybridized carbons (Fsp3) is 0.923. The Hall–Kier alpha value is -0.760. The van der Waals surface area contributed by atoms with Crippen LogP contribution in [0.4, 0.5) is 0 Å². The van der Waals surface area contributed by atoms with Crippen molar-refractivity contribution in [3.8, 4) is 0 Å². The van der Waals surface area contributed by atoms with Gasteiger partial charge >= 0.3 is 0 Å². The van der Waals surface area contributed by atoms with Gasteiger partial charge in [-0.15, -0.1) is 0 Å². The van der Waals surface area contributed by atoms with Crippen LogP contribution in [0, 0.1) is 0 Å². The minimum absolute atomic E-state index is 0.00175. The summed E-state index contributed by atoms with van der Waals surface area (Å²) >= 11 is 0. The second kappa shape index (κ2) is 32.2. The van der Waals surface area contributed by atoms with Gasteiger partial charge in [0.15, 0.2) is 0 Å². The molecule has 3 atom stereocenters. The largest absolute Gasteiger partial charge is 0.756 e. The normalized spacial score (nSPS) is 14.7. The molecule has 0 fully saturated rings. The zero-order valence-electron chi connectivity index (χ0n) is 32.2. The van der Waals surface area contributed by atoms with Gasteiger partial charge in [0.1, 0.15) is 13.2 Å². The number of carbonyl (C=O) groups is 1. The second-order valence-corrected chi connectivity index (χ2v) is 16.4. The predicted molar refractivity (Wildman–Crippen MR) is 201 cm³/mol. The molecule has 0 saturated carbocycles. The van der Waals surface area contributed by atoms with Crippen LogP contribution in [-0.2, 0) is 18.4 Å². The zero-order valence-corrected chi connectivity index (χ0v) is 33.1. The number of rotatable bonds is 36. The quantitative estimate of drug-likeness (QED) is 0.0291. The standard InChI is InChI=1S/C39H79N2O6P/c1-6-8-10-12-14-16-18-20-22-24-26-28-30-32-38(42)37(36-47-48(44,45)46-35-34-41(3,4)5)40-39(43)33-31-29-27-25-23-21-19-17-15-13-11-9-7-2/h30,32,37-38,42H,6-29,31,33-36H2,1-5H3,(H-,40,43,44,45)/b32-30+/t37-,38+/m0/s1. The van der Waals surface area contributed by atoms with Crippen molar-refractivity contribution in [2.75, 3.05) is 40.9 Å². The number of nitrogens with one attached hydrogen (secondary N) is 1. The molecule has 2 N–H and O–H groups in total. The Kier molecular flexibility index (Phi) is 31.7. The third-order valence-electron chi connectivity index (χ3n) is 9.00. The lowest BCUT2D eigenvalue weighted by atomic mass is 10.0. The maximum Gasteiger partial charge on any atom is 0.268 e. The molecule has 0 radical (unpaired) electrons. The molecular formula is C39H79N2O6P. The lowest BCUT2D eigenvalue weighted by molar-refractivity contribution is -0.870. The average Bonchev–Trinajstić information content (AvgIpc) is 3.02. The van der Waals surface area contributed by atoms with E-state index in [1.807, 2.05) is 27.2 Å². The molecule has 0 aliphatic carbocycles. The average molecular weight is 703 g/mol. The van der Waals surface area contributed by atoms with E-state index in [9.17, 15) is 19.4 Å². The molecule has 0 aromatic heterocycles. The van der Waals surface area contributed by atoms with E-state index in [-0.39, 0.29) is 19.1 Å². The van der Waals surface area contributed by atoms with Crippen molar-refractivity contribution in [1.29, 1.82) is 0 Å². The van der Waals surface area contributed by atoms with Crippen molar-refractivity contribution in [1.82, 2.24) is 5.32 Å². The molecule has 1 unspecified atom stereocenters. The number of carbonyl (C=O) groups excluding carboxylic acids is 1. The van der Waals surface area contributed by atoms with Crippen LogP contribution in [0.25, 0.3) is 0 Å². The zero-order chi connectivity index (χ0) is 35.8. The van der Waals surface area contributed by atoms with Crippen molar-refractivity contribution in [2.45, 2.75) is 193 Å². The van der Waals surface area contributed by atoms with Crippen LogP contribution in [-0.4, -0.2) is 68.5 Å². The molecule has 0 spiro atoms. The summed E-state index contributed by atoms with van der Waals surface area (Å²) in [7, 11) is 1.27. The number of phosphoric acid groups is 1. The Morgan fingerprint density at radius 1 is 0.708 bits per heavy atom. The van der Waals surface area contributed by atoms with Gasteiger partial charge in [0.25, 0.3) is 7.82 Å². The number of quaternary nitrogens is 1. The van der Waals surface area contributed by atoms with E-state index in [1.165, 1.54) is 122 Å². The summed E-state index contributed by atoms with van der Waals surface area (Å²) in [6.45, 7) is 4.63. The van der Waals surface area contributed by atoms with Gasteiger partial charge < -0.3 is 28.8 Å². The number of hydrogen-bond acceptors (Lipinski definition) is 6.